The summed E-state index contributed by atoms with van der Waals surface area (Å²) in [4.78, 5) is 4.66. The molecule has 0 aliphatic heterocycles. The van der Waals surface area contributed by atoms with Gasteiger partial charge in [-0.3, -0.25) is 0 Å². The Morgan fingerprint density at radius 3 is 2.07 bits per heavy atom. The van der Waals surface area contributed by atoms with E-state index in [-0.39, 0.29) is 0 Å². The van der Waals surface area contributed by atoms with Gasteiger partial charge in [0.25, 0.3) is 0 Å². The van der Waals surface area contributed by atoms with Crippen molar-refractivity contribution in [2.45, 2.75) is 20.8 Å². The molecule has 27 heavy (non-hydrogen) atoms. The Bertz CT molecular complexity index is 959. The van der Waals surface area contributed by atoms with Gasteiger partial charge in [-0.25, -0.2) is 4.99 Å². The van der Waals surface area contributed by atoms with Gasteiger partial charge in [0.2, 0.25) is 5.90 Å². The predicted octanol–water partition coefficient (Wildman–Crippen LogP) is 6.40. The van der Waals surface area contributed by atoms with Gasteiger partial charge < -0.3 is 9.47 Å². The molecule has 0 atom stereocenters. The number of ether oxygens (including phenoxy) is 2. The Morgan fingerprint density at radius 2 is 1.41 bits per heavy atom. The summed E-state index contributed by atoms with van der Waals surface area (Å²) >= 11 is 0. The average molecular weight is 357 g/mol. The minimum absolute atomic E-state index is 0.499. The van der Waals surface area contributed by atoms with Crippen LogP contribution in [0.5, 0.6) is 11.5 Å². The van der Waals surface area contributed by atoms with Crippen molar-refractivity contribution in [3.8, 4) is 11.5 Å². The van der Waals surface area contributed by atoms with Gasteiger partial charge in [-0.15, -0.1) is 0 Å². The first-order valence-electron chi connectivity index (χ1n) is 8.89. The molecule has 0 spiro atoms. The quantitative estimate of drug-likeness (QED) is 0.301. The molecule has 3 aromatic carbocycles. The molecule has 136 valence electrons. The summed E-state index contributed by atoms with van der Waals surface area (Å²) < 4.78 is 11.9. The molecular weight excluding hydrogens is 334 g/mol. The van der Waals surface area contributed by atoms with Crippen molar-refractivity contribution >= 4 is 11.6 Å². The molecule has 0 aliphatic rings. The molecule has 3 rings (SSSR count). The van der Waals surface area contributed by atoms with Crippen LogP contribution in [0, 0.1) is 13.8 Å². The fraction of sp³-hybridized carbons (Fsp3) is 0.125. The van der Waals surface area contributed by atoms with Gasteiger partial charge in [0.05, 0.1) is 11.9 Å². The van der Waals surface area contributed by atoms with Crippen molar-refractivity contribution in [2.75, 3.05) is 0 Å². The maximum atomic E-state index is 6.07. The molecule has 0 fully saturated rings. The number of para-hydroxylation sites is 1. The third-order valence-electron chi connectivity index (χ3n) is 3.89. The molecule has 0 amide bonds. The van der Waals surface area contributed by atoms with E-state index in [1.165, 1.54) is 0 Å². The molecule has 0 saturated carbocycles. The van der Waals surface area contributed by atoms with Gasteiger partial charge in [-0.05, 0) is 68.3 Å². The SMILES string of the molecule is CC(=C\Oc1cccc(C)c1)/C(=N/c1ccccc1)Oc1cccc(C)c1. The summed E-state index contributed by atoms with van der Waals surface area (Å²) in [6.07, 6.45) is 1.67. The monoisotopic (exact) mass is 357 g/mol. The van der Waals surface area contributed by atoms with Gasteiger partial charge in [0, 0.05) is 5.57 Å². The Kier molecular flexibility index (Phi) is 6.06. The molecule has 0 heterocycles. The van der Waals surface area contributed by atoms with Gasteiger partial charge in [0.1, 0.15) is 11.5 Å². The predicted molar refractivity (Wildman–Crippen MR) is 111 cm³/mol. The molecular formula is C24H23NO2. The van der Waals surface area contributed by atoms with E-state index in [2.05, 4.69) is 4.99 Å². The molecule has 0 unspecified atom stereocenters. The first-order valence-corrected chi connectivity index (χ1v) is 8.89. The molecule has 0 saturated heterocycles. The standard InChI is InChI=1S/C24H23NO2/c1-18-9-7-13-22(15-18)26-17-20(3)24(25-21-11-5-4-6-12-21)27-23-14-8-10-19(2)16-23/h4-17H,1-3H3/b20-17+,25-24-. The first-order chi connectivity index (χ1) is 13.1. The zero-order valence-electron chi connectivity index (χ0n) is 15.8. The second-order valence-corrected chi connectivity index (χ2v) is 6.41. The smallest absolute Gasteiger partial charge is 0.225 e. The van der Waals surface area contributed by atoms with Crippen LogP contribution < -0.4 is 9.47 Å². The summed E-state index contributed by atoms with van der Waals surface area (Å²) in [5, 5.41) is 0. The number of hydrogen-bond donors (Lipinski definition) is 0. The second kappa shape index (κ2) is 8.86. The molecule has 3 heteroatoms. The Balaban J connectivity index is 1.88. The summed E-state index contributed by atoms with van der Waals surface area (Å²) in [6, 6.07) is 25.5. The van der Waals surface area contributed by atoms with Crippen LogP contribution >= 0.6 is 0 Å². The normalized spacial score (nSPS) is 12.0. The molecule has 0 aliphatic carbocycles. The lowest BCUT2D eigenvalue weighted by molar-refractivity contribution is 0.473. The van der Waals surface area contributed by atoms with Crippen LogP contribution in [0.4, 0.5) is 5.69 Å². The summed E-state index contributed by atoms with van der Waals surface area (Å²) in [6.45, 7) is 5.99. The third kappa shape index (κ3) is 5.58. The van der Waals surface area contributed by atoms with Crippen molar-refractivity contribution in [2.24, 2.45) is 4.99 Å². The van der Waals surface area contributed by atoms with Crippen LogP contribution in [0.3, 0.4) is 0 Å². The Hall–Kier alpha value is -3.33. The first kappa shape index (κ1) is 18.5. The lowest BCUT2D eigenvalue weighted by Crippen LogP contribution is -2.11. The zero-order valence-corrected chi connectivity index (χ0v) is 15.8. The van der Waals surface area contributed by atoms with E-state index in [0.29, 0.717) is 5.90 Å². The molecule has 0 N–H and O–H groups in total. The van der Waals surface area contributed by atoms with Gasteiger partial charge in [-0.2, -0.15) is 0 Å². The van der Waals surface area contributed by atoms with Crippen LogP contribution in [-0.4, -0.2) is 5.90 Å². The summed E-state index contributed by atoms with van der Waals surface area (Å²) in [5.74, 6) is 2.02. The molecule has 0 bridgehead atoms. The van der Waals surface area contributed by atoms with Crippen LogP contribution in [0.1, 0.15) is 18.1 Å². The maximum absolute atomic E-state index is 6.07. The molecule has 0 aromatic heterocycles. The number of aliphatic imine (C=N–C) groups is 1. The van der Waals surface area contributed by atoms with Crippen molar-refractivity contribution in [3.05, 3.63) is 102 Å². The van der Waals surface area contributed by atoms with E-state index in [1.54, 1.807) is 6.26 Å². The van der Waals surface area contributed by atoms with Crippen molar-refractivity contribution in [3.63, 3.8) is 0 Å². The fourth-order valence-electron chi connectivity index (χ4n) is 2.50. The largest absolute Gasteiger partial charge is 0.465 e. The maximum Gasteiger partial charge on any atom is 0.225 e. The molecule has 0 radical (unpaired) electrons. The zero-order chi connectivity index (χ0) is 19.1. The van der Waals surface area contributed by atoms with Gasteiger partial charge >= 0.3 is 0 Å². The average Bonchev–Trinajstić information content (AvgIpc) is 2.66. The van der Waals surface area contributed by atoms with Crippen LogP contribution in [0.25, 0.3) is 0 Å². The summed E-state index contributed by atoms with van der Waals surface area (Å²) in [7, 11) is 0. The van der Waals surface area contributed by atoms with E-state index in [4.69, 9.17) is 9.47 Å². The number of aryl methyl sites for hydroxylation is 2. The van der Waals surface area contributed by atoms with Crippen molar-refractivity contribution in [1.29, 1.82) is 0 Å². The van der Waals surface area contributed by atoms with Crippen molar-refractivity contribution < 1.29 is 9.47 Å². The highest BCUT2D eigenvalue weighted by Gasteiger charge is 2.08. The highest BCUT2D eigenvalue weighted by atomic mass is 16.5. The Labute approximate surface area is 160 Å². The lowest BCUT2D eigenvalue weighted by atomic mass is 10.2. The number of benzene rings is 3. The van der Waals surface area contributed by atoms with E-state index < -0.39 is 0 Å². The highest BCUT2D eigenvalue weighted by molar-refractivity contribution is 5.96. The number of nitrogens with zero attached hydrogens (tertiary/aromatic N) is 1. The van der Waals surface area contributed by atoms with Gasteiger partial charge in [-0.1, -0.05) is 42.5 Å². The van der Waals surface area contributed by atoms with Crippen LogP contribution in [0.15, 0.2) is 95.7 Å². The highest BCUT2D eigenvalue weighted by Crippen LogP contribution is 2.19. The third-order valence-corrected chi connectivity index (χ3v) is 3.89. The van der Waals surface area contributed by atoms with Gasteiger partial charge in [0.15, 0.2) is 0 Å². The minimum Gasteiger partial charge on any atom is -0.465 e. The fourth-order valence-corrected chi connectivity index (χ4v) is 2.50. The van der Waals surface area contributed by atoms with Crippen LogP contribution in [0.2, 0.25) is 0 Å². The second-order valence-electron chi connectivity index (χ2n) is 6.41. The van der Waals surface area contributed by atoms with E-state index in [0.717, 1.165) is 33.9 Å². The summed E-state index contributed by atoms with van der Waals surface area (Å²) in [5.41, 5.74) is 3.89. The van der Waals surface area contributed by atoms with E-state index >= 15 is 0 Å². The molecule has 3 aromatic rings. The van der Waals surface area contributed by atoms with Crippen molar-refractivity contribution in [1.82, 2.24) is 0 Å². The molecule has 3 nitrogen and oxygen atoms in total. The van der Waals surface area contributed by atoms with Crippen LogP contribution in [-0.2, 0) is 0 Å². The number of rotatable bonds is 5. The Morgan fingerprint density at radius 1 is 0.778 bits per heavy atom. The van der Waals surface area contributed by atoms with E-state index in [1.807, 2.05) is 99.6 Å². The lowest BCUT2D eigenvalue weighted by Gasteiger charge is -2.11. The van der Waals surface area contributed by atoms with E-state index in [9.17, 15) is 0 Å². The topological polar surface area (TPSA) is 30.8 Å². The number of hydrogen-bond acceptors (Lipinski definition) is 3. The minimum atomic E-state index is 0.499.